The van der Waals surface area contributed by atoms with Gasteiger partial charge in [-0.3, -0.25) is 4.79 Å². The molecule has 0 bridgehead atoms. The number of primary amides is 1. The first-order valence-electron chi connectivity index (χ1n) is 8.26. The van der Waals surface area contributed by atoms with Crippen molar-refractivity contribution in [3.05, 3.63) is 23.3 Å². The van der Waals surface area contributed by atoms with Crippen molar-refractivity contribution in [2.75, 3.05) is 11.9 Å². The van der Waals surface area contributed by atoms with Crippen LogP contribution in [0.5, 0.6) is 0 Å². The van der Waals surface area contributed by atoms with Gasteiger partial charge in [-0.15, -0.1) is 0 Å². The van der Waals surface area contributed by atoms with Crippen LogP contribution in [0.3, 0.4) is 0 Å². The molecule has 1 aromatic rings. The summed E-state index contributed by atoms with van der Waals surface area (Å²) in [6.07, 6.45) is 5.27. The first-order chi connectivity index (χ1) is 12.0. The summed E-state index contributed by atoms with van der Waals surface area (Å²) < 4.78 is 5.29. The Morgan fingerprint density at radius 2 is 2.15 bits per heavy atom. The number of nitrogens with zero attached hydrogens (tertiary/aromatic N) is 3. The Morgan fingerprint density at radius 3 is 2.65 bits per heavy atom. The Morgan fingerprint density at radius 1 is 1.50 bits per heavy atom. The second-order valence-corrected chi connectivity index (χ2v) is 7.59. The van der Waals surface area contributed by atoms with Crippen molar-refractivity contribution in [3.8, 4) is 0 Å². The van der Waals surface area contributed by atoms with Crippen molar-refractivity contribution in [1.82, 2.24) is 10.3 Å². The van der Waals surface area contributed by atoms with Gasteiger partial charge in [-0.25, -0.2) is 14.8 Å². The Kier molecular flexibility index (Phi) is 7.76. The number of carbonyl (C=O) groups is 2. The topological polar surface area (TPSA) is 110 Å². The first-order valence-corrected chi connectivity index (χ1v) is 9.08. The second-order valence-electron chi connectivity index (χ2n) is 6.58. The fourth-order valence-corrected chi connectivity index (χ4v) is 2.64. The lowest BCUT2D eigenvalue weighted by Gasteiger charge is -2.26. The molecule has 1 heterocycles. The molecule has 0 saturated heterocycles. The molecule has 9 heteroatoms. The number of amidine groups is 1. The zero-order chi connectivity index (χ0) is 19.9. The molecule has 1 aromatic heterocycles. The lowest BCUT2D eigenvalue weighted by molar-refractivity contribution is 0.0521. The molecule has 0 spiro atoms. The van der Waals surface area contributed by atoms with Gasteiger partial charge in [0.15, 0.2) is 5.13 Å². The third-order valence-electron chi connectivity index (χ3n) is 3.04. The van der Waals surface area contributed by atoms with Gasteiger partial charge in [0.1, 0.15) is 16.3 Å². The van der Waals surface area contributed by atoms with E-state index in [9.17, 15) is 9.59 Å². The van der Waals surface area contributed by atoms with Crippen LogP contribution in [0, 0.1) is 0 Å². The summed E-state index contributed by atoms with van der Waals surface area (Å²) >= 11 is 1.15. The second kappa shape index (κ2) is 9.33. The van der Waals surface area contributed by atoms with E-state index in [1.807, 2.05) is 13.0 Å². The SMILES string of the molecule is CC/C=C/N=C(C(C)NC(=O)OC(C)(C)C)N(C)c1ncc(C(N)=O)s1. The zero-order valence-electron chi connectivity index (χ0n) is 16.1. The highest BCUT2D eigenvalue weighted by atomic mass is 32.1. The number of hydrogen-bond donors (Lipinski definition) is 2. The Hall–Kier alpha value is -2.42. The molecule has 0 radical (unpaired) electrons. The summed E-state index contributed by atoms with van der Waals surface area (Å²) in [6.45, 7) is 9.18. The fourth-order valence-electron chi connectivity index (χ4n) is 1.90. The molecule has 0 aliphatic carbocycles. The van der Waals surface area contributed by atoms with Gasteiger partial charge in [-0.1, -0.05) is 24.3 Å². The van der Waals surface area contributed by atoms with Crippen molar-refractivity contribution in [3.63, 3.8) is 0 Å². The monoisotopic (exact) mass is 381 g/mol. The first kappa shape index (κ1) is 21.6. The molecule has 2 amide bonds. The van der Waals surface area contributed by atoms with Gasteiger partial charge in [-0.05, 0) is 34.1 Å². The van der Waals surface area contributed by atoms with Crippen molar-refractivity contribution >= 4 is 34.3 Å². The molecular formula is C17H27N5O3S. The highest BCUT2D eigenvalue weighted by molar-refractivity contribution is 7.17. The van der Waals surface area contributed by atoms with Crippen LogP contribution < -0.4 is 16.0 Å². The number of alkyl carbamates (subject to hydrolysis) is 1. The van der Waals surface area contributed by atoms with Crippen LogP contribution >= 0.6 is 11.3 Å². The molecule has 0 aliphatic heterocycles. The number of rotatable bonds is 6. The third kappa shape index (κ3) is 6.83. The standard InChI is InChI=1S/C17H27N5O3S/c1-7-8-9-19-14(11(2)21-16(24)25-17(3,4)5)22(6)15-20-10-12(26-15)13(18)23/h8-11H,7H2,1-6H3,(H2,18,23)(H,21,24)/b9-8+,19-14?. The largest absolute Gasteiger partial charge is 0.444 e. The van der Waals surface area contributed by atoms with E-state index in [4.69, 9.17) is 10.5 Å². The van der Waals surface area contributed by atoms with Crippen LogP contribution in [0.4, 0.5) is 9.93 Å². The summed E-state index contributed by atoms with van der Waals surface area (Å²) in [7, 11) is 1.76. The van der Waals surface area contributed by atoms with Crippen molar-refractivity contribution in [2.45, 2.75) is 52.7 Å². The Balaban J connectivity index is 3.02. The summed E-state index contributed by atoms with van der Waals surface area (Å²) in [4.78, 5) is 34.0. The minimum Gasteiger partial charge on any atom is -0.444 e. The maximum Gasteiger partial charge on any atom is 0.408 e. The van der Waals surface area contributed by atoms with E-state index in [0.29, 0.717) is 15.8 Å². The van der Waals surface area contributed by atoms with Gasteiger partial charge in [-0.2, -0.15) is 0 Å². The number of aromatic nitrogens is 1. The number of hydrogen-bond acceptors (Lipinski definition) is 6. The average molecular weight is 382 g/mol. The highest BCUT2D eigenvalue weighted by Crippen LogP contribution is 2.22. The highest BCUT2D eigenvalue weighted by Gasteiger charge is 2.23. The lowest BCUT2D eigenvalue weighted by Crippen LogP contribution is -2.47. The number of carbonyl (C=O) groups excluding carboxylic acids is 2. The Bertz CT molecular complexity index is 691. The van der Waals surface area contributed by atoms with Gasteiger partial charge in [0.25, 0.3) is 5.91 Å². The van der Waals surface area contributed by atoms with E-state index >= 15 is 0 Å². The number of amides is 2. The fraction of sp³-hybridized carbons (Fsp3) is 0.529. The van der Waals surface area contributed by atoms with Crippen LogP contribution in [0.15, 0.2) is 23.5 Å². The molecule has 1 unspecified atom stereocenters. The molecule has 0 fully saturated rings. The molecule has 0 aromatic carbocycles. The number of likely N-dealkylation sites (N-methyl/N-ethyl adjacent to an activating group) is 1. The van der Waals surface area contributed by atoms with Gasteiger partial charge in [0.05, 0.1) is 12.2 Å². The van der Waals surface area contributed by atoms with Crippen molar-refractivity contribution in [1.29, 1.82) is 0 Å². The predicted octanol–water partition coefficient (Wildman–Crippen LogP) is 2.91. The lowest BCUT2D eigenvalue weighted by atomic mass is 10.2. The van der Waals surface area contributed by atoms with Crippen LogP contribution in [-0.4, -0.2) is 41.5 Å². The van der Waals surface area contributed by atoms with Crippen LogP contribution in [-0.2, 0) is 4.74 Å². The number of nitrogens with one attached hydrogen (secondary N) is 1. The molecule has 26 heavy (non-hydrogen) atoms. The van der Waals surface area contributed by atoms with Crippen molar-refractivity contribution < 1.29 is 14.3 Å². The maximum atomic E-state index is 12.1. The van der Waals surface area contributed by atoms with Crippen molar-refractivity contribution in [2.24, 2.45) is 10.7 Å². The molecular weight excluding hydrogens is 354 g/mol. The Labute approximate surface area is 158 Å². The van der Waals surface area contributed by atoms with Crippen LogP contribution in [0.2, 0.25) is 0 Å². The number of thiazole rings is 1. The zero-order valence-corrected chi connectivity index (χ0v) is 16.9. The molecule has 3 N–H and O–H groups in total. The summed E-state index contributed by atoms with van der Waals surface area (Å²) in [6, 6.07) is -0.447. The van der Waals surface area contributed by atoms with E-state index < -0.39 is 23.6 Å². The van der Waals surface area contributed by atoms with E-state index in [1.165, 1.54) is 6.20 Å². The molecule has 144 valence electrons. The van der Waals surface area contributed by atoms with E-state index in [1.54, 1.807) is 45.8 Å². The number of anilines is 1. The van der Waals surface area contributed by atoms with E-state index in [0.717, 1.165) is 17.8 Å². The summed E-state index contributed by atoms with van der Waals surface area (Å²) in [5.41, 5.74) is 4.69. The number of aliphatic imine (C=N–C) groups is 1. The van der Waals surface area contributed by atoms with Crippen LogP contribution in [0.1, 0.15) is 50.7 Å². The van der Waals surface area contributed by atoms with Gasteiger partial charge in [0, 0.05) is 13.2 Å². The number of nitrogens with two attached hydrogens (primary N) is 1. The molecule has 8 nitrogen and oxygen atoms in total. The van der Waals surface area contributed by atoms with E-state index in [2.05, 4.69) is 15.3 Å². The molecule has 0 saturated carbocycles. The normalized spacial score (nSPS) is 13.5. The molecule has 0 aliphatic rings. The maximum absolute atomic E-state index is 12.1. The van der Waals surface area contributed by atoms with Crippen LogP contribution in [0.25, 0.3) is 0 Å². The molecule has 1 atom stereocenters. The number of ether oxygens (including phenoxy) is 1. The minimum atomic E-state index is -0.596. The average Bonchev–Trinajstić information content (AvgIpc) is 2.99. The van der Waals surface area contributed by atoms with Gasteiger partial charge in [0.2, 0.25) is 0 Å². The van der Waals surface area contributed by atoms with Gasteiger partial charge < -0.3 is 20.7 Å². The number of allylic oxidation sites excluding steroid dienone is 1. The van der Waals surface area contributed by atoms with E-state index in [-0.39, 0.29) is 0 Å². The predicted molar refractivity (Wildman–Crippen MR) is 105 cm³/mol. The molecule has 1 rings (SSSR count). The van der Waals surface area contributed by atoms with Gasteiger partial charge >= 0.3 is 6.09 Å². The summed E-state index contributed by atoms with van der Waals surface area (Å²) in [5, 5.41) is 3.30. The quantitative estimate of drug-likeness (QED) is 0.581. The third-order valence-corrected chi connectivity index (χ3v) is 4.12. The summed E-state index contributed by atoms with van der Waals surface area (Å²) in [5.74, 6) is 0.0115. The smallest absolute Gasteiger partial charge is 0.408 e. The minimum absolute atomic E-state index is 0.350.